The number of methoxy groups -OCH3 is 2. The first-order valence-electron chi connectivity index (χ1n) is 8.48. The van der Waals surface area contributed by atoms with Crippen LogP contribution in [0.4, 0.5) is 0 Å². The number of hydrogen-bond acceptors (Lipinski definition) is 6. The van der Waals surface area contributed by atoms with E-state index in [0.29, 0.717) is 35.3 Å². The van der Waals surface area contributed by atoms with E-state index < -0.39 is 17.2 Å². The summed E-state index contributed by atoms with van der Waals surface area (Å²) in [6, 6.07) is 5.44. The standard InChI is InChI=1S/C20H21NO6/c1-10(22)21-14-6-4-11-8-17(25)19(26-2)20(27-3)18(11)12-5-7-15(23)16(24)9-13(12)14/h5,7-9,14,25H,4,6H2,1-3H3,(H,21,22)(H,23,24)/t14-/m1/s1. The molecule has 0 fully saturated rings. The second-order valence-corrected chi connectivity index (χ2v) is 6.38. The number of rotatable bonds is 3. The van der Waals surface area contributed by atoms with Crippen LogP contribution in [0.25, 0.3) is 11.1 Å². The minimum absolute atomic E-state index is 0.0553. The summed E-state index contributed by atoms with van der Waals surface area (Å²) >= 11 is 0. The quantitative estimate of drug-likeness (QED) is 0.764. The first-order valence-corrected chi connectivity index (χ1v) is 8.48. The molecule has 0 bridgehead atoms. The Morgan fingerprint density at radius 2 is 1.81 bits per heavy atom. The van der Waals surface area contributed by atoms with Crippen LogP contribution >= 0.6 is 0 Å². The minimum Gasteiger partial charge on any atom is -0.504 e. The highest BCUT2D eigenvalue weighted by Gasteiger charge is 2.28. The van der Waals surface area contributed by atoms with Crippen molar-refractivity contribution in [3.8, 4) is 34.1 Å². The number of carbonyl (C=O) groups is 1. The van der Waals surface area contributed by atoms with Gasteiger partial charge in [-0.15, -0.1) is 0 Å². The number of benzene rings is 1. The second-order valence-electron chi connectivity index (χ2n) is 6.38. The predicted octanol–water partition coefficient (Wildman–Crippen LogP) is 2.27. The normalized spacial score (nSPS) is 15.1. The first kappa shape index (κ1) is 18.6. The van der Waals surface area contributed by atoms with Crippen LogP contribution in [0.2, 0.25) is 0 Å². The molecule has 0 aromatic heterocycles. The van der Waals surface area contributed by atoms with Gasteiger partial charge in [0.2, 0.25) is 17.1 Å². The molecule has 7 heteroatoms. The Hall–Kier alpha value is -3.22. The third-order valence-corrected chi connectivity index (χ3v) is 4.69. The summed E-state index contributed by atoms with van der Waals surface area (Å²) < 4.78 is 10.8. The van der Waals surface area contributed by atoms with E-state index in [2.05, 4.69) is 5.32 Å². The van der Waals surface area contributed by atoms with Crippen molar-refractivity contribution < 1.29 is 24.5 Å². The Kier molecular flexibility index (Phi) is 4.94. The first-order chi connectivity index (χ1) is 12.9. The molecule has 1 amide bonds. The van der Waals surface area contributed by atoms with Gasteiger partial charge in [-0.2, -0.15) is 0 Å². The van der Waals surface area contributed by atoms with Gasteiger partial charge in [0.15, 0.2) is 17.2 Å². The van der Waals surface area contributed by atoms with Gasteiger partial charge in [-0.3, -0.25) is 9.59 Å². The third kappa shape index (κ3) is 3.28. The maximum Gasteiger partial charge on any atom is 0.220 e. The lowest BCUT2D eigenvalue weighted by molar-refractivity contribution is -0.119. The van der Waals surface area contributed by atoms with Crippen LogP contribution in [-0.2, 0) is 11.2 Å². The average Bonchev–Trinajstić information content (AvgIpc) is 2.85. The van der Waals surface area contributed by atoms with Gasteiger partial charge in [-0.25, -0.2) is 0 Å². The Morgan fingerprint density at radius 3 is 2.44 bits per heavy atom. The van der Waals surface area contributed by atoms with Crippen molar-refractivity contribution in [2.45, 2.75) is 25.8 Å². The number of aryl methyl sites for hydroxylation is 1. The lowest BCUT2D eigenvalue weighted by Crippen LogP contribution is -2.26. The molecule has 3 rings (SSSR count). The Labute approximate surface area is 156 Å². The summed E-state index contributed by atoms with van der Waals surface area (Å²) in [5.41, 5.74) is 2.09. The van der Waals surface area contributed by atoms with Crippen molar-refractivity contribution in [1.29, 1.82) is 0 Å². The van der Waals surface area contributed by atoms with Crippen LogP contribution in [0, 0.1) is 0 Å². The van der Waals surface area contributed by atoms with E-state index in [0.717, 1.165) is 5.56 Å². The SMILES string of the molecule is COc1c(O)cc2c(c1OC)-c1ccc(O)c(=O)cc1[C@H](NC(C)=O)CC2. The van der Waals surface area contributed by atoms with Crippen LogP contribution in [-0.4, -0.2) is 30.3 Å². The number of fused-ring (bicyclic) bond motifs is 3. The number of ether oxygens (including phenoxy) is 2. The molecule has 0 radical (unpaired) electrons. The second kappa shape index (κ2) is 7.19. The molecule has 2 aromatic rings. The molecular formula is C20H21NO6. The van der Waals surface area contributed by atoms with Gasteiger partial charge in [0.05, 0.1) is 20.3 Å². The molecule has 0 aliphatic heterocycles. The lowest BCUT2D eigenvalue weighted by atomic mass is 9.95. The number of hydrogen-bond donors (Lipinski definition) is 3. The summed E-state index contributed by atoms with van der Waals surface area (Å²) in [5, 5.41) is 23.1. The topological polar surface area (TPSA) is 105 Å². The van der Waals surface area contributed by atoms with Gasteiger partial charge in [-0.1, -0.05) is 6.07 Å². The maximum absolute atomic E-state index is 12.2. The highest BCUT2D eigenvalue weighted by molar-refractivity contribution is 5.83. The monoisotopic (exact) mass is 371 g/mol. The number of phenolic OH excluding ortho intramolecular Hbond substituents is 1. The van der Waals surface area contributed by atoms with Gasteiger partial charge in [-0.05, 0) is 47.7 Å². The Balaban J connectivity index is 2.41. The van der Waals surface area contributed by atoms with E-state index >= 15 is 0 Å². The lowest BCUT2D eigenvalue weighted by Gasteiger charge is -2.18. The number of carbonyl (C=O) groups excluding carboxylic acids is 1. The van der Waals surface area contributed by atoms with Crippen molar-refractivity contribution in [2.75, 3.05) is 14.2 Å². The number of aromatic hydroxyl groups is 2. The van der Waals surface area contributed by atoms with Gasteiger partial charge in [0.1, 0.15) is 0 Å². The van der Waals surface area contributed by atoms with E-state index in [-0.39, 0.29) is 17.4 Å². The van der Waals surface area contributed by atoms with Crippen molar-refractivity contribution in [3.63, 3.8) is 0 Å². The van der Waals surface area contributed by atoms with Crippen LogP contribution in [0.15, 0.2) is 29.1 Å². The number of amides is 1. The largest absolute Gasteiger partial charge is 0.504 e. The fourth-order valence-electron chi connectivity index (χ4n) is 3.56. The van der Waals surface area contributed by atoms with Gasteiger partial charge in [0, 0.05) is 12.5 Å². The fourth-order valence-corrected chi connectivity index (χ4v) is 3.56. The van der Waals surface area contributed by atoms with E-state index in [1.807, 2.05) is 0 Å². The smallest absolute Gasteiger partial charge is 0.220 e. The summed E-state index contributed by atoms with van der Waals surface area (Å²) in [4.78, 5) is 23.9. The zero-order valence-corrected chi connectivity index (χ0v) is 15.3. The average molecular weight is 371 g/mol. The molecule has 1 aliphatic carbocycles. The van der Waals surface area contributed by atoms with Crippen LogP contribution in [0.1, 0.15) is 30.5 Å². The van der Waals surface area contributed by atoms with Crippen molar-refractivity contribution >= 4 is 5.91 Å². The zero-order valence-electron chi connectivity index (χ0n) is 15.3. The summed E-state index contributed by atoms with van der Waals surface area (Å²) in [7, 11) is 2.89. The third-order valence-electron chi connectivity index (χ3n) is 4.69. The fraction of sp³-hybridized carbons (Fsp3) is 0.300. The van der Waals surface area contributed by atoms with Crippen LogP contribution < -0.4 is 20.2 Å². The molecule has 142 valence electrons. The zero-order chi connectivity index (χ0) is 19.7. The predicted molar refractivity (Wildman–Crippen MR) is 99.5 cm³/mol. The van der Waals surface area contributed by atoms with Gasteiger partial charge < -0.3 is 25.0 Å². The van der Waals surface area contributed by atoms with E-state index in [9.17, 15) is 19.8 Å². The van der Waals surface area contributed by atoms with Crippen LogP contribution in [0.5, 0.6) is 23.0 Å². The molecule has 0 unspecified atom stereocenters. The van der Waals surface area contributed by atoms with E-state index in [1.165, 1.54) is 33.3 Å². The highest BCUT2D eigenvalue weighted by Crippen LogP contribution is 2.49. The molecule has 1 atom stereocenters. The van der Waals surface area contributed by atoms with Gasteiger partial charge in [0.25, 0.3) is 0 Å². The molecule has 0 saturated carbocycles. The summed E-state index contributed by atoms with van der Waals surface area (Å²) in [5.74, 6) is -0.169. The summed E-state index contributed by atoms with van der Waals surface area (Å²) in [6.45, 7) is 1.41. The van der Waals surface area contributed by atoms with E-state index in [1.54, 1.807) is 12.1 Å². The molecule has 0 heterocycles. The number of nitrogens with one attached hydrogen (secondary N) is 1. The summed E-state index contributed by atoms with van der Waals surface area (Å²) in [6.07, 6.45) is 1.05. The molecule has 3 N–H and O–H groups in total. The Bertz CT molecular complexity index is 969. The molecule has 1 aliphatic rings. The van der Waals surface area contributed by atoms with Crippen molar-refractivity contribution in [2.24, 2.45) is 0 Å². The molecule has 2 aromatic carbocycles. The molecular weight excluding hydrogens is 350 g/mol. The van der Waals surface area contributed by atoms with Crippen molar-refractivity contribution in [1.82, 2.24) is 5.32 Å². The van der Waals surface area contributed by atoms with Gasteiger partial charge >= 0.3 is 0 Å². The van der Waals surface area contributed by atoms with Crippen molar-refractivity contribution in [3.05, 3.63) is 45.6 Å². The Morgan fingerprint density at radius 1 is 1.11 bits per heavy atom. The molecule has 27 heavy (non-hydrogen) atoms. The molecule has 0 spiro atoms. The highest BCUT2D eigenvalue weighted by atomic mass is 16.5. The molecule has 0 saturated heterocycles. The van der Waals surface area contributed by atoms with Crippen LogP contribution in [0.3, 0.4) is 0 Å². The number of phenols is 1. The maximum atomic E-state index is 12.2. The van der Waals surface area contributed by atoms with E-state index in [4.69, 9.17) is 9.47 Å². The molecule has 7 nitrogen and oxygen atoms in total. The minimum atomic E-state index is -0.542.